The van der Waals surface area contributed by atoms with Crippen molar-refractivity contribution in [1.29, 1.82) is 0 Å². The molecule has 0 bridgehead atoms. The maximum Gasteiger partial charge on any atom is 0.303 e. The van der Waals surface area contributed by atoms with E-state index in [1.165, 1.54) is 16.4 Å². The Hall–Kier alpha value is -1.86. The van der Waals surface area contributed by atoms with E-state index in [-0.39, 0.29) is 24.3 Å². The molecule has 0 saturated carbocycles. The number of sulfonamides is 1. The minimum absolute atomic E-state index is 0.0851. The topological polar surface area (TPSA) is 74.7 Å². The third-order valence-electron chi connectivity index (χ3n) is 3.48. The van der Waals surface area contributed by atoms with Crippen molar-refractivity contribution < 1.29 is 18.3 Å². The molecule has 24 heavy (non-hydrogen) atoms. The predicted molar refractivity (Wildman–Crippen MR) is 96.7 cm³/mol. The molecule has 2 aromatic rings. The molecule has 2 aromatic carbocycles. The molecular weight excluding hydrogens is 394 g/mol. The zero-order valence-electron chi connectivity index (χ0n) is 13.1. The summed E-state index contributed by atoms with van der Waals surface area (Å²) in [5.74, 6) is -0.945. The van der Waals surface area contributed by atoms with Crippen molar-refractivity contribution in [2.24, 2.45) is 0 Å². The lowest BCUT2D eigenvalue weighted by molar-refractivity contribution is -0.137. The summed E-state index contributed by atoms with van der Waals surface area (Å²) in [6.45, 7) is 2.02. The van der Waals surface area contributed by atoms with Gasteiger partial charge in [0.2, 0.25) is 0 Å². The van der Waals surface area contributed by atoms with Gasteiger partial charge in [-0.2, -0.15) is 0 Å². The number of hydrogen-bond donors (Lipinski definition) is 1. The zero-order valence-corrected chi connectivity index (χ0v) is 15.5. The van der Waals surface area contributed by atoms with Gasteiger partial charge >= 0.3 is 5.97 Å². The molecule has 2 rings (SSSR count). The third kappa shape index (κ3) is 4.58. The molecule has 0 aromatic heterocycles. The molecule has 0 unspecified atom stereocenters. The van der Waals surface area contributed by atoms with Crippen LogP contribution in [-0.4, -0.2) is 26.0 Å². The highest BCUT2D eigenvalue weighted by molar-refractivity contribution is 9.10. The standard InChI is InChI=1S/C17H18BrNO4S/c1-13-4-8-15(9-5-13)19(12-2-3-17(20)21)24(22,23)16-10-6-14(18)7-11-16/h4-11H,2-3,12H2,1H3,(H,20,21). The molecule has 5 nitrogen and oxygen atoms in total. The molecule has 0 aliphatic heterocycles. The quantitative estimate of drug-likeness (QED) is 0.751. The van der Waals surface area contributed by atoms with Gasteiger partial charge in [0, 0.05) is 17.4 Å². The summed E-state index contributed by atoms with van der Waals surface area (Å²) in [6, 6.07) is 13.5. The van der Waals surface area contributed by atoms with Gasteiger partial charge in [-0.05, 0) is 49.7 Å². The molecule has 128 valence electrons. The Kier molecular flexibility index (Phi) is 6.01. The van der Waals surface area contributed by atoms with Crippen molar-refractivity contribution in [3.63, 3.8) is 0 Å². The lowest BCUT2D eigenvalue weighted by Gasteiger charge is -2.24. The minimum atomic E-state index is -3.76. The van der Waals surface area contributed by atoms with E-state index in [1.54, 1.807) is 24.3 Å². The second-order valence-corrected chi connectivity index (χ2v) is 8.14. The Bertz CT molecular complexity index is 801. The zero-order chi connectivity index (χ0) is 17.7. The smallest absolute Gasteiger partial charge is 0.303 e. The molecule has 0 radical (unpaired) electrons. The summed E-state index contributed by atoms with van der Waals surface area (Å²) < 4.78 is 28.0. The van der Waals surface area contributed by atoms with Crippen LogP contribution in [0.5, 0.6) is 0 Å². The van der Waals surface area contributed by atoms with Crippen LogP contribution in [0, 0.1) is 6.92 Å². The summed E-state index contributed by atoms with van der Waals surface area (Å²) >= 11 is 3.29. The second-order valence-electron chi connectivity index (χ2n) is 5.36. The number of nitrogens with zero attached hydrogens (tertiary/aromatic N) is 1. The first-order valence-corrected chi connectivity index (χ1v) is 9.61. The van der Waals surface area contributed by atoms with Crippen LogP contribution in [0.15, 0.2) is 57.9 Å². The van der Waals surface area contributed by atoms with Crippen LogP contribution < -0.4 is 4.31 Å². The van der Waals surface area contributed by atoms with Crippen LogP contribution in [0.3, 0.4) is 0 Å². The van der Waals surface area contributed by atoms with Crippen LogP contribution >= 0.6 is 15.9 Å². The molecule has 0 heterocycles. The molecule has 0 amide bonds. The number of hydrogen-bond acceptors (Lipinski definition) is 3. The second kappa shape index (κ2) is 7.81. The van der Waals surface area contributed by atoms with E-state index in [0.29, 0.717) is 5.69 Å². The van der Waals surface area contributed by atoms with E-state index in [0.717, 1.165) is 10.0 Å². The number of halogens is 1. The maximum atomic E-state index is 13.0. The number of aliphatic carboxylic acids is 1. The lowest BCUT2D eigenvalue weighted by atomic mass is 10.2. The summed E-state index contributed by atoms with van der Waals surface area (Å²) in [5, 5.41) is 8.81. The molecule has 0 atom stereocenters. The average molecular weight is 412 g/mol. The molecule has 0 aliphatic rings. The van der Waals surface area contributed by atoms with Crippen molar-refractivity contribution in [2.75, 3.05) is 10.8 Å². The summed E-state index contributed by atoms with van der Waals surface area (Å²) in [5.41, 5.74) is 1.54. The van der Waals surface area contributed by atoms with Crippen molar-refractivity contribution in [3.8, 4) is 0 Å². The van der Waals surface area contributed by atoms with Gasteiger partial charge in [0.1, 0.15) is 0 Å². The Labute approximate surface area is 150 Å². The summed E-state index contributed by atoms with van der Waals surface area (Å²) in [4.78, 5) is 10.9. The van der Waals surface area contributed by atoms with Crippen LogP contribution in [0.2, 0.25) is 0 Å². The van der Waals surface area contributed by atoms with Crippen molar-refractivity contribution in [2.45, 2.75) is 24.7 Å². The summed E-state index contributed by atoms with van der Waals surface area (Å²) in [7, 11) is -3.76. The van der Waals surface area contributed by atoms with Crippen LogP contribution in [0.4, 0.5) is 5.69 Å². The largest absolute Gasteiger partial charge is 0.481 e. The number of carbonyl (C=O) groups is 1. The van der Waals surface area contributed by atoms with E-state index < -0.39 is 16.0 Å². The number of anilines is 1. The first kappa shape index (κ1) is 18.5. The normalized spacial score (nSPS) is 11.2. The first-order chi connectivity index (χ1) is 11.3. The van der Waals surface area contributed by atoms with Crippen molar-refractivity contribution >= 4 is 37.6 Å². The number of rotatable bonds is 7. The highest BCUT2D eigenvalue weighted by atomic mass is 79.9. The van der Waals surface area contributed by atoms with Crippen LogP contribution in [0.1, 0.15) is 18.4 Å². The molecule has 0 aliphatic carbocycles. The highest BCUT2D eigenvalue weighted by Crippen LogP contribution is 2.25. The van der Waals surface area contributed by atoms with Gasteiger partial charge < -0.3 is 5.11 Å². The van der Waals surface area contributed by atoms with E-state index in [1.807, 2.05) is 19.1 Å². The Morgan fingerprint density at radius 3 is 2.21 bits per heavy atom. The monoisotopic (exact) mass is 411 g/mol. The third-order valence-corrected chi connectivity index (χ3v) is 5.85. The van der Waals surface area contributed by atoms with Gasteiger partial charge in [-0.1, -0.05) is 33.6 Å². The Balaban J connectivity index is 2.38. The van der Waals surface area contributed by atoms with Crippen LogP contribution in [-0.2, 0) is 14.8 Å². The van der Waals surface area contributed by atoms with Crippen LogP contribution in [0.25, 0.3) is 0 Å². The lowest BCUT2D eigenvalue weighted by Crippen LogP contribution is -2.32. The first-order valence-electron chi connectivity index (χ1n) is 7.37. The van der Waals surface area contributed by atoms with E-state index in [4.69, 9.17) is 5.11 Å². The van der Waals surface area contributed by atoms with E-state index in [9.17, 15) is 13.2 Å². The Morgan fingerprint density at radius 2 is 1.67 bits per heavy atom. The van der Waals surface area contributed by atoms with E-state index >= 15 is 0 Å². The molecule has 1 N–H and O–H groups in total. The molecule has 0 saturated heterocycles. The molecular formula is C17H18BrNO4S. The number of benzene rings is 2. The van der Waals surface area contributed by atoms with E-state index in [2.05, 4.69) is 15.9 Å². The fourth-order valence-electron chi connectivity index (χ4n) is 2.21. The SMILES string of the molecule is Cc1ccc(N(CCCC(=O)O)S(=O)(=O)c2ccc(Br)cc2)cc1. The van der Waals surface area contributed by atoms with Crippen molar-refractivity contribution in [3.05, 3.63) is 58.6 Å². The fraction of sp³-hybridized carbons (Fsp3) is 0.235. The van der Waals surface area contributed by atoms with Gasteiger partial charge in [-0.15, -0.1) is 0 Å². The fourth-order valence-corrected chi connectivity index (χ4v) is 3.97. The van der Waals surface area contributed by atoms with Crippen molar-refractivity contribution in [1.82, 2.24) is 0 Å². The highest BCUT2D eigenvalue weighted by Gasteiger charge is 2.24. The van der Waals surface area contributed by atoms with Gasteiger partial charge in [-0.3, -0.25) is 9.10 Å². The average Bonchev–Trinajstić information content (AvgIpc) is 2.53. The van der Waals surface area contributed by atoms with Gasteiger partial charge in [0.15, 0.2) is 0 Å². The predicted octanol–water partition coefficient (Wildman–Crippen LogP) is 3.82. The van der Waals surface area contributed by atoms with Gasteiger partial charge in [0.05, 0.1) is 10.6 Å². The molecule has 0 fully saturated rings. The van der Waals surface area contributed by atoms with Gasteiger partial charge in [0.25, 0.3) is 10.0 Å². The molecule has 7 heteroatoms. The maximum absolute atomic E-state index is 13.0. The molecule has 0 spiro atoms. The number of carboxylic acid groups (broad SMARTS) is 1. The Morgan fingerprint density at radius 1 is 1.08 bits per heavy atom. The van der Waals surface area contributed by atoms with Gasteiger partial charge in [-0.25, -0.2) is 8.42 Å². The summed E-state index contributed by atoms with van der Waals surface area (Å²) in [6.07, 6.45) is 0.150. The number of aryl methyl sites for hydroxylation is 1. The number of carboxylic acids is 1. The minimum Gasteiger partial charge on any atom is -0.481 e.